The van der Waals surface area contributed by atoms with Crippen molar-refractivity contribution in [1.82, 2.24) is 0 Å². The van der Waals surface area contributed by atoms with Crippen LogP contribution >= 0.6 is 11.6 Å². The average molecular weight is 244 g/mol. The maximum absolute atomic E-state index is 13.1. The first-order valence-electron chi connectivity index (χ1n) is 4.49. The number of hydrogen-bond acceptors (Lipinski definition) is 4. The van der Waals surface area contributed by atoms with E-state index >= 15 is 0 Å². The molecule has 0 aliphatic carbocycles. The van der Waals surface area contributed by atoms with Crippen molar-refractivity contribution in [1.29, 1.82) is 0 Å². The van der Waals surface area contributed by atoms with Crippen LogP contribution in [0.1, 0.15) is 0 Å². The highest BCUT2D eigenvalue weighted by molar-refractivity contribution is 6.30. The molecule has 1 fully saturated rings. The van der Waals surface area contributed by atoms with Gasteiger partial charge in [0.25, 0.3) is 0 Å². The summed E-state index contributed by atoms with van der Waals surface area (Å²) in [4.78, 5) is 23.4. The Morgan fingerprint density at radius 1 is 1.19 bits per heavy atom. The summed E-state index contributed by atoms with van der Waals surface area (Å²) < 4.78 is 17.4. The molecule has 0 saturated carbocycles. The number of halogens is 2. The van der Waals surface area contributed by atoms with Crippen LogP contribution in [-0.2, 0) is 14.3 Å². The lowest BCUT2D eigenvalue weighted by Crippen LogP contribution is -2.43. The third-order valence-electron chi connectivity index (χ3n) is 2.08. The van der Waals surface area contributed by atoms with Crippen LogP contribution in [0.5, 0.6) is 0 Å². The molecule has 0 spiro atoms. The second-order valence-corrected chi connectivity index (χ2v) is 3.77. The number of esters is 2. The molecule has 0 amide bonds. The van der Waals surface area contributed by atoms with Gasteiger partial charge in [-0.2, -0.15) is 0 Å². The van der Waals surface area contributed by atoms with Crippen molar-refractivity contribution in [3.05, 3.63) is 29.0 Å². The standard InChI is InChI=1S/C10H7ClFNO3/c11-6-1-7(12)3-8(2-6)13-4-9(14)16-10(15)5-13/h1-3H,4-5H2. The molecule has 1 aromatic carbocycles. The topological polar surface area (TPSA) is 46.6 Å². The van der Waals surface area contributed by atoms with Gasteiger partial charge >= 0.3 is 11.9 Å². The molecule has 1 heterocycles. The lowest BCUT2D eigenvalue weighted by Gasteiger charge is -2.26. The Morgan fingerprint density at radius 2 is 1.81 bits per heavy atom. The minimum Gasteiger partial charge on any atom is -0.390 e. The molecule has 1 aromatic rings. The van der Waals surface area contributed by atoms with Crippen LogP contribution in [0.15, 0.2) is 18.2 Å². The minimum absolute atomic E-state index is 0.0917. The van der Waals surface area contributed by atoms with Gasteiger partial charge in [-0.05, 0) is 18.2 Å². The number of rotatable bonds is 1. The second kappa shape index (κ2) is 4.09. The highest BCUT2D eigenvalue weighted by atomic mass is 35.5. The molecule has 0 aromatic heterocycles. The molecule has 1 saturated heterocycles. The Labute approximate surface area is 95.6 Å². The van der Waals surface area contributed by atoms with Gasteiger partial charge in [-0.3, -0.25) is 0 Å². The van der Waals surface area contributed by atoms with Gasteiger partial charge in [0.2, 0.25) is 0 Å². The first-order valence-corrected chi connectivity index (χ1v) is 4.87. The molecule has 0 radical (unpaired) electrons. The van der Waals surface area contributed by atoms with Gasteiger partial charge in [0.1, 0.15) is 18.9 Å². The molecule has 84 valence electrons. The zero-order valence-electron chi connectivity index (χ0n) is 8.07. The smallest absolute Gasteiger partial charge is 0.333 e. The summed E-state index contributed by atoms with van der Waals surface area (Å²) in [5.74, 6) is -1.83. The summed E-state index contributed by atoms with van der Waals surface area (Å²) in [5, 5.41) is 0.210. The molecule has 0 atom stereocenters. The van der Waals surface area contributed by atoms with Gasteiger partial charge in [-0.1, -0.05) is 11.6 Å². The van der Waals surface area contributed by atoms with E-state index in [1.54, 1.807) is 0 Å². The lowest BCUT2D eigenvalue weighted by atomic mass is 10.2. The maximum atomic E-state index is 13.1. The number of anilines is 1. The van der Waals surface area contributed by atoms with Gasteiger partial charge in [0, 0.05) is 10.7 Å². The van der Waals surface area contributed by atoms with Crippen LogP contribution in [0.25, 0.3) is 0 Å². The largest absolute Gasteiger partial charge is 0.390 e. The van der Waals surface area contributed by atoms with E-state index in [0.29, 0.717) is 5.69 Å². The van der Waals surface area contributed by atoms with Crippen LogP contribution in [0.3, 0.4) is 0 Å². The predicted molar refractivity (Wildman–Crippen MR) is 54.7 cm³/mol. The number of benzene rings is 1. The maximum Gasteiger partial charge on any atom is 0.333 e. The summed E-state index contributed by atoms with van der Waals surface area (Å²) in [6.45, 7) is -0.183. The SMILES string of the molecule is O=C1CN(c2cc(F)cc(Cl)c2)CC(=O)O1. The fourth-order valence-corrected chi connectivity index (χ4v) is 1.68. The number of carbonyl (C=O) groups is 2. The summed E-state index contributed by atoms with van der Waals surface area (Å²) in [6.07, 6.45) is 0. The van der Waals surface area contributed by atoms with Crippen LogP contribution in [0.4, 0.5) is 10.1 Å². The highest BCUT2D eigenvalue weighted by Gasteiger charge is 2.25. The first kappa shape index (κ1) is 10.9. The molecule has 2 rings (SSSR count). The van der Waals surface area contributed by atoms with Crippen LogP contribution in [0.2, 0.25) is 5.02 Å². The van der Waals surface area contributed by atoms with Crippen LogP contribution in [0, 0.1) is 5.82 Å². The van der Waals surface area contributed by atoms with Crippen molar-refractivity contribution >= 4 is 29.2 Å². The van der Waals surface area contributed by atoms with E-state index < -0.39 is 17.8 Å². The molecule has 6 heteroatoms. The Kier molecular flexibility index (Phi) is 2.78. The zero-order chi connectivity index (χ0) is 11.7. The second-order valence-electron chi connectivity index (χ2n) is 3.33. The van der Waals surface area contributed by atoms with Crippen molar-refractivity contribution in [2.75, 3.05) is 18.0 Å². The average Bonchev–Trinajstić information content (AvgIpc) is 2.14. The van der Waals surface area contributed by atoms with Crippen LogP contribution < -0.4 is 4.90 Å². The van der Waals surface area contributed by atoms with E-state index in [9.17, 15) is 14.0 Å². The fraction of sp³-hybridized carbons (Fsp3) is 0.200. The van der Waals surface area contributed by atoms with E-state index in [1.807, 2.05) is 0 Å². The van der Waals surface area contributed by atoms with Gasteiger partial charge in [-0.25, -0.2) is 14.0 Å². The molecule has 1 aliphatic rings. The van der Waals surface area contributed by atoms with E-state index in [2.05, 4.69) is 4.74 Å². The van der Waals surface area contributed by atoms with Gasteiger partial charge in [-0.15, -0.1) is 0 Å². The third kappa shape index (κ3) is 2.30. The summed E-state index contributed by atoms with van der Waals surface area (Å²) in [5.41, 5.74) is 0.384. The minimum atomic E-state index is -0.656. The van der Waals surface area contributed by atoms with Gasteiger partial charge < -0.3 is 9.64 Å². The number of nitrogens with zero attached hydrogens (tertiary/aromatic N) is 1. The fourth-order valence-electron chi connectivity index (χ4n) is 1.46. The van der Waals surface area contributed by atoms with Crippen LogP contribution in [-0.4, -0.2) is 25.0 Å². The monoisotopic (exact) mass is 243 g/mol. The van der Waals surface area contributed by atoms with E-state index in [0.717, 1.165) is 6.07 Å². The van der Waals surface area contributed by atoms with E-state index in [4.69, 9.17) is 11.6 Å². The summed E-state index contributed by atoms with van der Waals surface area (Å²) in [7, 11) is 0. The number of cyclic esters (lactones) is 2. The Morgan fingerprint density at radius 3 is 2.38 bits per heavy atom. The number of ether oxygens (including phenoxy) is 1. The van der Waals surface area contributed by atoms with Crippen molar-refractivity contribution in [3.63, 3.8) is 0 Å². The molecular weight excluding hydrogens is 237 g/mol. The molecule has 0 unspecified atom stereocenters. The lowest BCUT2D eigenvalue weighted by molar-refractivity contribution is -0.160. The highest BCUT2D eigenvalue weighted by Crippen LogP contribution is 2.22. The van der Waals surface area contributed by atoms with Crippen molar-refractivity contribution < 1.29 is 18.7 Å². The molecule has 0 bridgehead atoms. The molecule has 16 heavy (non-hydrogen) atoms. The van der Waals surface area contributed by atoms with Crippen molar-refractivity contribution in [2.24, 2.45) is 0 Å². The van der Waals surface area contributed by atoms with Crippen molar-refractivity contribution in [3.8, 4) is 0 Å². The van der Waals surface area contributed by atoms with Crippen molar-refractivity contribution in [2.45, 2.75) is 0 Å². The number of carbonyl (C=O) groups excluding carboxylic acids is 2. The van der Waals surface area contributed by atoms with E-state index in [1.165, 1.54) is 17.0 Å². The zero-order valence-corrected chi connectivity index (χ0v) is 8.83. The molecular formula is C10H7ClFNO3. The Balaban J connectivity index is 2.29. The van der Waals surface area contributed by atoms with E-state index in [-0.39, 0.29) is 18.1 Å². The van der Waals surface area contributed by atoms with Gasteiger partial charge in [0.15, 0.2) is 0 Å². The number of hydrogen-bond donors (Lipinski definition) is 0. The summed E-state index contributed by atoms with van der Waals surface area (Å²) in [6, 6.07) is 3.84. The quantitative estimate of drug-likeness (QED) is 0.552. The normalized spacial score (nSPS) is 16.2. The third-order valence-corrected chi connectivity index (χ3v) is 2.30. The van der Waals surface area contributed by atoms with Gasteiger partial charge in [0.05, 0.1) is 0 Å². The first-order chi connectivity index (χ1) is 7.54. The Bertz CT molecular complexity index is 427. The summed E-state index contributed by atoms with van der Waals surface area (Å²) >= 11 is 5.67. The predicted octanol–water partition coefficient (Wildman–Crippen LogP) is 1.37. The molecule has 4 nitrogen and oxygen atoms in total. The number of morpholine rings is 1. The Hall–Kier alpha value is -1.62. The molecule has 0 N–H and O–H groups in total. The molecule has 1 aliphatic heterocycles.